The fraction of sp³-hybridized carbons (Fsp3) is 0.167. The van der Waals surface area contributed by atoms with Gasteiger partial charge in [-0.25, -0.2) is 0 Å². The maximum Gasteiger partial charge on any atom is 0.277 e. The van der Waals surface area contributed by atoms with E-state index in [1.54, 1.807) is 30.0 Å². The number of fused-ring (bicyclic) bond motifs is 1. The molecule has 0 aromatic heterocycles. The summed E-state index contributed by atoms with van der Waals surface area (Å²) in [6.07, 6.45) is -0.0729. The summed E-state index contributed by atoms with van der Waals surface area (Å²) >= 11 is 0. The van der Waals surface area contributed by atoms with Gasteiger partial charge in [-0.1, -0.05) is 30.3 Å². The van der Waals surface area contributed by atoms with Crippen LogP contribution in [0.3, 0.4) is 0 Å². The second kappa shape index (κ2) is 9.59. The monoisotopic (exact) mass is 476 g/mol. The molecule has 0 radical (unpaired) electrons. The van der Waals surface area contributed by atoms with Gasteiger partial charge >= 0.3 is 0 Å². The molecule has 0 saturated carbocycles. The third-order valence-corrected chi connectivity index (χ3v) is 5.48. The molecule has 0 spiro atoms. The second-order valence-electron chi connectivity index (χ2n) is 7.87. The van der Waals surface area contributed by atoms with Crippen LogP contribution >= 0.6 is 0 Å². The van der Waals surface area contributed by atoms with Crippen LogP contribution in [0.25, 0.3) is 0 Å². The highest BCUT2D eigenvalue weighted by Crippen LogP contribution is 2.36. The molecule has 1 aliphatic heterocycles. The van der Waals surface area contributed by atoms with E-state index in [-0.39, 0.29) is 11.5 Å². The van der Waals surface area contributed by atoms with E-state index in [1.165, 1.54) is 0 Å². The van der Waals surface area contributed by atoms with E-state index in [9.17, 15) is 29.8 Å². The Hall–Kier alpha value is -4.80. The first-order valence-corrected chi connectivity index (χ1v) is 10.6. The van der Waals surface area contributed by atoms with Crippen LogP contribution in [0.5, 0.6) is 5.75 Å². The lowest BCUT2D eigenvalue weighted by Gasteiger charge is -2.33. The van der Waals surface area contributed by atoms with Crippen LogP contribution in [0.4, 0.5) is 22.7 Å². The Kier molecular flexibility index (Phi) is 6.40. The molecule has 3 aromatic carbocycles. The molecule has 0 fully saturated rings. The van der Waals surface area contributed by atoms with E-state index in [2.05, 4.69) is 5.32 Å². The molecule has 35 heavy (non-hydrogen) atoms. The Morgan fingerprint density at radius 1 is 1.00 bits per heavy atom. The topological polar surface area (TPSA) is 145 Å². The molecular weight excluding hydrogens is 456 g/mol. The molecule has 1 atom stereocenters. The lowest BCUT2D eigenvalue weighted by atomic mass is 10.1. The summed E-state index contributed by atoms with van der Waals surface area (Å²) in [6.45, 7) is 2.05. The fourth-order valence-electron chi connectivity index (χ4n) is 3.74. The molecule has 1 unspecified atom stereocenters. The van der Waals surface area contributed by atoms with Gasteiger partial charge in [0, 0.05) is 24.4 Å². The largest absolute Gasteiger partial charge is 0.479 e. The number of nitrogens with one attached hydrogen (secondary N) is 1. The average Bonchev–Trinajstić information content (AvgIpc) is 2.85. The number of benzene rings is 3. The highest BCUT2D eigenvalue weighted by Gasteiger charge is 2.31. The van der Waals surface area contributed by atoms with Crippen molar-refractivity contribution in [1.82, 2.24) is 0 Å². The highest BCUT2D eigenvalue weighted by atomic mass is 16.6. The Bertz CT molecular complexity index is 1290. The number of rotatable bonds is 7. The Balaban J connectivity index is 1.60. The summed E-state index contributed by atoms with van der Waals surface area (Å²) in [5, 5.41) is 24.8. The number of carbonyl (C=O) groups is 2. The Morgan fingerprint density at radius 2 is 1.66 bits per heavy atom. The van der Waals surface area contributed by atoms with Gasteiger partial charge in [-0.15, -0.1) is 0 Å². The summed E-state index contributed by atoms with van der Waals surface area (Å²) in [6, 6.07) is 17.1. The van der Waals surface area contributed by atoms with Gasteiger partial charge in [0.1, 0.15) is 5.75 Å². The molecule has 1 N–H and O–H groups in total. The summed E-state index contributed by atoms with van der Waals surface area (Å²) < 4.78 is 5.70. The second-order valence-corrected chi connectivity index (χ2v) is 7.87. The van der Waals surface area contributed by atoms with Crippen LogP contribution < -0.4 is 15.0 Å². The predicted molar refractivity (Wildman–Crippen MR) is 127 cm³/mol. The van der Waals surface area contributed by atoms with E-state index in [4.69, 9.17) is 4.74 Å². The molecule has 0 saturated heterocycles. The number of nitro groups is 2. The van der Waals surface area contributed by atoms with E-state index in [0.29, 0.717) is 30.1 Å². The minimum absolute atomic E-state index is 0.230. The summed E-state index contributed by atoms with van der Waals surface area (Å²) in [7, 11) is 0. The number of nitrogens with zero attached hydrogens (tertiary/aromatic N) is 3. The van der Waals surface area contributed by atoms with Gasteiger partial charge < -0.3 is 15.0 Å². The standard InChI is InChI=1S/C24H20N4O7/c1-15-24(30)26(10-9-16-5-3-2-4-6-16)21-13-18(7-8-22(21)35-15)25-23(29)17-11-19(27(31)32)14-20(12-17)28(33)34/h2-8,11-15H,9-10H2,1H3,(H,25,29). The molecule has 0 aliphatic carbocycles. The summed E-state index contributed by atoms with van der Waals surface area (Å²) in [5.41, 5.74) is 0.415. The van der Waals surface area contributed by atoms with Crippen LogP contribution in [0.15, 0.2) is 66.7 Å². The third-order valence-electron chi connectivity index (χ3n) is 5.48. The Labute approximate surface area is 199 Å². The van der Waals surface area contributed by atoms with Gasteiger partial charge in [0.05, 0.1) is 27.2 Å². The first-order chi connectivity index (χ1) is 16.7. The van der Waals surface area contributed by atoms with Gasteiger partial charge in [0.2, 0.25) is 0 Å². The lowest BCUT2D eigenvalue weighted by Crippen LogP contribution is -2.45. The minimum Gasteiger partial charge on any atom is -0.479 e. The molecule has 4 rings (SSSR count). The quantitative estimate of drug-likeness (QED) is 0.399. The number of ether oxygens (including phenoxy) is 1. The van der Waals surface area contributed by atoms with Crippen LogP contribution in [0.1, 0.15) is 22.8 Å². The maximum absolute atomic E-state index is 12.9. The zero-order valence-electron chi connectivity index (χ0n) is 18.5. The molecule has 2 amide bonds. The van der Waals surface area contributed by atoms with Gasteiger partial charge in [0.15, 0.2) is 6.10 Å². The fourth-order valence-corrected chi connectivity index (χ4v) is 3.74. The van der Waals surface area contributed by atoms with E-state index < -0.39 is 33.2 Å². The van der Waals surface area contributed by atoms with Crippen molar-refractivity contribution in [3.05, 3.63) is 98.1 Å². The third kappa shape index (κ3) is 5.08. The Morgan fingerprint density at radius 3 is 2.29 bits per heavy atom. The van der Waals surface area contributed by atoms with Gasteiger partial charge in [-0.2, -0.15) is 0 Å². The van der Waals surface area contributed by atoms with Crippen molar-refractivity contribution in [2.75, 3.05) is 16.8 Å². The molecule has 11 nitrogen and oxygen atoms in total. The predicted octanol–water partition coefficient (Wildman–Crippen LogP) is 4.11. The number of hydrogen-bond acceptors (Lipinski definition) is 7. The van der Waals surface area contributed by atoms with Crippen molar-refractivity contribution in [2.24, 2.45) is 0 Å². The summed E-state index contributed by atoms with van der Waals surface area (Å²) in [5.74, 6) is -0.538. The number of hydrogen-bond donors (Lipinski definition) is 1. The molecule has 178 valence electrons. The van der Waals surface area contributed by atoms with Crippen LogP contribution in [-0.2, 0) is 11.2 Å². The van der Waals surface area contributed by atoms with Crippen molar-refractivity contribution >= 4 is 34.6 Å². The molecule has 1 heterocycles. The molecule has 11 heteroatoms. The molecular formula is C24H20N4O7. The number of carbonyl (C=O) groups excluding carboxylic acids is 2. The number of non-ortho nitro benzene ring substituents is 2. The molecule has 1 aliphatic rings. The van der Waals surface area contributed by atoms with Crippen molar-refractivity contribution < 1.29 is 24.2 Å². The van der Waals surface area contributed by atoms with Crippen molar-refractivity contribution in [1.29, 1.82) is 0 Å². The number of anilines is 2. The highest BCUT2D eigenvalue weighted by molar-refractivity contribution is 6.06. The van der Waals surface area contributed by atoms with Crippen LogP contribution in [-0.4, -0.2) is 34.3 Å². The first kappa shape index (κ1) is 23.4. The summed E-state index contributed by atoms with van der Waals surface area (Å²) in [4.78, 5) is 47.8. The van der Waals surface area contributed by atoms with E-state index in [0.717, 1.165) is 23.8 Å². The first-order valence-electron chi connectivity index (χ1n) is 10.6. The average molecular weight is 476 g/mol. The lowest BCUT2D eigenvalue weighted by molar-refractivity contribution is -0.394. The van der Waals surface area contributed by atoms with Crippen molar-refractivity contribution in [2.45, 2.75) is 19.4 Å². The minimum atomic E-state index is -0.808. The normalized spacial score (nSPS) is 14.6. The SMILES string of the molecule is CC1Oc2ccc(NC(=O)c3cc([N+](=O)[O-])cc([N+](=O)[O-])c3)cc2N(CCc2ccccc2)C1=O. The maximum atomic E-state index is 12.9. The van der Waals surface area contributed by atoms with Crippen molar-refractivity contribution in [3.8, 4) is 5.75 Å². The number of nitro benzene ring substituents is 2. The van der Waals surface area contributed by atoms with Gasteiger partial charge in [0.25, 0.3) is 23.2 Å². The van der Waals surface area contributed by atoms with Crippen LogP contribution in [0.2, 0.25) is 0 Å². The number of amides is 2. The van der Waals surface area contributed by atoms with Gasteiger partial charge in [-0.3, -0.25) is 29.8 Å². The van der Waals surface area contributed by atoms with Gasteiger partial charge in [-0.05, 0) is 37.1 Å². The smallest absolute Gasteiger partial charge is 0.277 e. The van der Waals surface area contributed by atoms with Crippen LogP contribution in [0, 0.1) is 20.2 Å². The molecule has 3 aromatic rings. The van der Waals surface area contributed by atoms with Crippen molar-refractivity contribution in [3.63, 3.8) is 0 Å². The zero-order valence-corrected chi connectivity index (χ0v) is 18.5. The van der Waals surface area contributed by atoms with E-state index >= 15 is 0 Å². The zero-order chi connectivity index (χ0) is 25.1. The van der Waals surface area contributed by atoms with E-state index in [1.807, 2.05) is 30.3 Å². The molecule has 0 bridgehead atoms.